The van der Waals surface area contributed by atoms with Crippen molar-refractivity contribution in [3.05, 3.63) is 0 Å². The summed E-state index contributed by atoms with van der Waals surface area (Å²) in [7, 11) is 0. The van der Waals surface area contributed by atoms with Gasteiger partial charge in [-0.25, -0.2) is 0 Å². The molecule has 0 aromatic heterocycles. The maximum Gasteiger partial charge on any atom is 0.0927 e. The molecule has 0 amide bonds. The van der Waals surface area contributed by atoms with Crippen molar-refractivity contribution in [2.45, 2.75) is 20.8 Å². The lowest BCUT2D eigenvalue weighted by atomic mass is 10.3. The fourth-order valence-electron chi connectivity index (χ4n) is 1.38. The molecule has 61 valence electrons. The van der Waals surface area contributed by atoms with Crippen molar-refractivity contribution >= 4 is 0 Å². The first kappa shape index (κ1) is 9.92. The van der Waals surface area contributed by atoms with E-state index in [1.165, 1.54) is 19.6 Å². The fraction of sp³-hybridized carbons (Fsp3) is 1.00. The number of nitrogens with one attached hydrogen (secondary N) is 1. The van der Waals surface area contributed by atoms with E-state index in [1.54, 1.807) is 0 Å². The molecular weight excluding hydrogens is 124 g/mol. The number of rotatable bonds is 5. The van der Waals surface area contributed by atoms with E-state index in [9.17, 15) is 0 Å². The summed E-state index contributed by atoms with van der Waals surface area (Å²) in [5.74, 6) is 0. The van der Waals surface area contributed by atoms with Crippen LogP contribution in [0.3, 0.4) is 0 Å². The Balaban J connectivity index is 3.87. The van der Waals surface area contributed by atoms with Gasteiger partial charge < -0.3 is 4.48 Å². The first-order valence-electron chi connectivity index (χ1n) is 4.24. The van der Waals surface area contributed by atoms with Crippen LogP contribution >= 0.6 is 0 Å². The van der Waals surface area contributed by atoms with E-state index in [0.717, 1.165) is 11.0 Å². The number of hydrogen-bond acceptors (Lipinski definition) is 0. The molecule has 0 spiro atoms. The zero-order chi connectivity index (χ0) is 8.04. The smallest absolute Gasteiger partial charge is 0.0927 e. The van der Waals surface area contributed by atoms with Crippen molar-refractivity contribution in [2.75, 3.05) is 32.7 Å². The molecule has 0 aromatic rings. The summed E-state index contributed by atoms with van der Waals surface area (Å²) in [6, 6.07) is 0. The predicted molar refractivity (Wildman–Crippen MR) is 44.7 cm³/mol. The highest BCUT2D eigenvalue weighted by Crippen LogP contribution is 2.03. The Kier molecular flexibility index (Phi) is 4.65. The maximum absolute atomic E-state index is 7.15. The third-order valence-electron chi connectivity index (χ3n) is 2.60. The molecule has 1 N–H and O–H groups in total. The second-order valence-corrected chi connectivity index (χ2v) is 2.76. The fourth-order valence-corrected chi connectivity index (χ4v) is 1.38. The van der Waals surface area contributed by atoms with Crippen molar-refractivity contribution in [1.29, 1.82) is 0 Å². The molecule has 0 saturated heterocycles. The molecule has 0 aliphatic carbocycles. The Morgan fingerprint density at radius 1 is 1.00 bits per heavy atom. The number of likely N-dealkylation sites (N-methyl/N-ethyl adjacent to an activating group) is 1. The van der Waals surface area contributed by atoms with E-state index < -0.39 is 0 Å². The van der Waals surface area contributed by atoms with E-state index >= 15 is 0 Å². The molecule has 0 aliphatic rings. The molecule has 10 heavy (non-hydrogen) atoms. The minimum atomic E-state index is 0.565. The second-order valence-electron chi connectivity index (χ2n) is 2.76. The van der Waals surface area contributed by atoms with Gasteiger partial charge in [0.25, 0.3) is 0 Å². The second kappa shape index (κ2) is 4.69. The van der Waals surface area contributed by atoms with Gasteiger partial charge in [-0.1, -0.05) is 0 Å². The van der Waals surface area contributed by atoms with E-state index in [1.807, 2.05) is 0 Å². The Labute approximate surface area is 64.6 Å². The highest BCUT2D eigenvalue weighted by molar-refractivity contribution is 4.37. The Morgan fingerprint density at radius 3 is 1.50 bits per heavy atom. The number of quaternary nitrogens is 1. The molecular formula is C8H20N2+. The Hall–Kier alpha value is -0.0800. The number of nitrogens with zero attached hydrogens (tertiary/aromatic N) is 1. The van der Waals surface area contributed by atoms with Gasteiger partial charge in [0.1, 0.15) is 0 Å². The molecule has 1 radical (unpaired) electrons. The van der Waals surface area contributed by atoms with Crippen LogP contribution in [0.1, 0.15) is 20.8 Å². The lowest BCUT2D eigenvalue weighted by molar-refractivity contribution is -0.922. The molecule has 0 bridgehead atoms. The molecule has 0 saturated carbocycles. The highest BCUT2D eigenvalue weighted by Gasteiger charge is 2.18. The summed E-state index contributed by atoms with van der Waals surface area (Å²) in [5.41, 5.74) is 7.15. The minimum absolute atomic E-state index is 0.565. The first-order chi connectivity index (χ1) is 4.74. The van der Waals surface area contributed by atoms with Gasteiger partial charge in [0.05, 0.1) is 32.7 Å². The molecule has 0 fully saturated rings. The zero-order valence-corrected chi connectivity index (χ0v) is 7.48. The molecule has 0 heterocycles. The lowest BCUT2D eigenvalue weighted by Gasteiger charge is -2.35. The van der Waals surface area contributed by atoms with Gasteiger partial charge in [-0.3, -0.25) is 5.73 Å². The van der Waals surface area contributed by atoms with E-state index in [4.69, 9.17) is 5.73 Å². The van der Waals surface area contributed by atoms with Crippen LogP contribution in [0.5, 0.6) is 0 Å². The predicted octanol–water partition coefficient (Wildman–Crippen LogP) is 1.15. The van der Waals surface area contributed by atoms with Crippen LogP contribution in [-0.4, -0.2) is 37.2 Å². The monoisotopic (exact) mass is 144 g/mol. The van der Waals surface area contributed by atoms with Gasteiger partial charge in [-0.15, -0.1) is 0 Å². The van der Waals surface area contributed by atoms with Crippen LogP contribution in [0.2, 0.25) is 0 Å². The standard InChI is InChI=1S/C8H20N2/c1-4-10(5-2,6-3)8-7-9/h9H,4-8H2,1-3H3/q+1. The summed E-state index contributed by atoms with van der Waals surface area (Å²) >= 11 is 0. The molecule has 0 atom stereocenters. The van der Waals surface area contributed by atoms with Gasteiger partial charge in [0.15, 0.2) is 0 Å². The Morgan fingerprint density at radius 2 is 1.40 bits per heavy atom. The van der Waals surface area contributed by atoms with Crippen molar-refractivity contribution in [3.63, 3.8) is 0 Å². The lowest BCUT2D eigenvalue weighted by Crippen LogP contribution is -2.49. The quantitative estimate of drug-likeness (QED) is 0.517. The summed E-state index contributed by atoms with van der Waals surface area (Å²) in [6.45, 7) is 11.7. The van der Waals surface area contributed by atoms with Crippen LogP contribution in [0.25, 0.3) is 0 Å². The van der Waals surface area contributed by atoms with Crippen molar-refractivity contribution in [2.24, 2.45) is 0 Å². The van der Waals surface area contributed by atoms with E-state index in [-0.39, 0.29) is 0 Å². The SMILES string of the molecule is CC[N+](CC)(CC)CC[NH]. The third kappa shape index (κ3) is 2.27. The van der Waals surface area contributed by atoms with Crippen LogP contribution in [0.4, 0.5) is 0 Å². The van der Waals surface area contributed by atoms with Crippen LogP contribution < -0.4 is 5.73 Å². The molecule has 0 rings (SSSR count). The summed E-state index contributed by atoms with van der Waals surface area (Å²) < 4.78 is 1.11. The van der Waals surface area contributed by atoms with Crippen LogP contribution in [0, 0.1) is 0 Å². The Bertz CT molecular complexity index is 69.1. The molecule has 0 aromatic carbocycles. The van der Waals surface area contributed by atoms with Gasteiger partial charge in [-0.2, -0.15) is 0 Å². The third-order valence-corrected chi connectivity index (χ3v) is 2.60. The summed E-state index contributed by atoms with van der Waals surface area (Å²) in [6.07, 6.45) is 0. The average molecular weight is 144 g/mol. The number of hydrogen-bond donors (Lipinski definition) is 0. The van der Waals surface area contributed by atoms with E-state index in [2.05, 4.69) is 20.8 Å². The molecule has 2 nitrogen and oxygen atoms in total. The largest absolute Gasteiger partial charge is 0.323 e. The molecule has 2 heteroatoms. The summed E-state index contributed by atoms with van der Waals surface area (Å²) in [5, 5.41) is 0. The summed E-state index contributed by atoms with van der Waals surface area (Å²) in [4.78, 5) is 0. The first-order valence-corrected chi connectivity index (χ1v) is 4.24. The average Bonchev–Trinajstić information content (AvgIpc) is 2.01. The normalized spacial score (nSPS) is 12.0. The van der Waals surface area contributed by atoms with Crippen LogP contribution in [-0.2, 0) is 0 Å². The topological polar surface area (TPSA) is 23.8 Å². The maximum atomic E-state index is 7.15. The molecule has 0 aliphatic heterocycles. The van der Waals surface area contributed by atoms with Gasteiger partial charge in [0.2, 0.25) is 0 Å². The van der Waals surface area contributed by atoms with Crippen molar-refractivity contribution < 1.29 is 4.48 Å². The van der Waals surface area contributed by atoms with Crippen LogP contribution in [0.15, 0.2) is 0 Å². The van der Waals surface area contributed by atoms with Gasteiger partial charge in [0, 0.05) is 0 Å². The van der Waals surface area contributed by atoms with Gasteiger partial charge in [-0.05, 0) is 20.8 Å². The van der Waals surface area contributed by atoms with Crippen molar-refractivity contribution in [1.82, 2.24) is 5.73 Å². The van der Waals surface area contributed by atoms with Crippen molar-refractivity contribution in [3.8, 4) is 0 Å². The van der Waals surface area contributed by atoms with Gasteiger partial charge >= 0.3 is 0 Å². The minimum Gasteiger partial charge on any atom is -0.323 e. The highest BCUT2D eigenvalue weighted by atomic mass is 15.3. The van der Waals surface area contributed by atoms with E-state index in [0.29, 0.717) is 6.54 Å². The molecule has 0 unspecified atom stereocenters. The zero-order valence-electron chi connectivity index (χ0n) is 7.48.